The zero-order chi connectivity index (χ0) is 20.3. The summed E-state index contributed by atoms with van der Waals surface area (Å²) in [5.41, 5.74) is 0.481. The molecule has 7 nitrogen and oxygen atoms in total. The monoisotopic (exact) mass is 395 g/mol. The van der Waals surface area contributed by atoms with E-state index in [1.165, 1.54) is 10.5 Å². The summed E-state index contributed by atoms with van der Waals surface area (Å²) in [4.78, 5) is 31.0. The number of hydrogen-bond acceptors (Lipinski definition) is 6. The fourth-order valence-electron chi connectivity index (χ4n) is 5.29. The van der Waals surface area contributed by atoms with Crippen molar-refractivity contribution in [1.29, 1.82) is 0 Å². The summed E-state index contributed by atoms with van der Waals surface area (Å²) in [6.07, 6.45) is -0.152. The Kier molecular flexibility index (Phi) is 4.17. The fourth-order valence-corrected chi connectivity index (χ4v) is 5.29. The molecule has 3 fully saturated rings. The Bertz CT molecular complexity index is 1000. The van der Waals surface area contributed by atoms with Crippen LogP contribution in [0.4, 0.5) is 0 Å². The lowest BCUT2D eigenvalue weighted by Crippen LogP contribution is -2.80. The summed E-state index contributed by atoms with van der Waals surface area (Å²) in [5, 5.41) is 12.3. The Morgan fingerprint density at radius 1 is 1.14 bits per heavy atom. The number of aliphatic hydroxyl groups is 1. The van der Waals surface area contributed by atoms with E-state index in [0.717, 1.165) is 23.1 Å². The van der Waals surface area contributed by atoms with Crippen LogP contribution in [0.2, 0.25) is 0 Å². The molecule has 152 valence electrons. The standard InChI is InChI=1S/C22H25N3O4/c1-23-20(27)18-9-15(26)11-25(18)22(21(23)28)12-24(13-22)10-14-7-8-19(29-2)17-6-4-3-5-16(14)17/h3-8,15,18,26H,9-13H2,1-2H3/t15-,18+/m1/s1. The molecule has 3 saturated heterocycles. The van der Waals surface area contributed by atoms with E-state index in [0.29, 0.717) is 26.1 Å². The highest BCUT2D eigenvalue weighted by atomic mass is 16.5. The number of imide groups is 1. The van der Waals surface area contributed by atoms with Gasteiger partial charge in [0.2, 0.25) is 5.91 Å². The summed E-state index contributed by atoms with van der Waals surface area (Å²) >= 11 is 0. The van der Waals surface area contributed by atoms with Crippen molar-refractivity contribution < 1.29 is 19.4 Å². The van der Waals surface area contributed by atoms with Crippen molar-refractivity contribution in [2.24, 2.45) is 0 Å². The lowest BCUT2D eigenvalue weighted by molar-refractivity contribution is -0.178. The van der Waals surface area contributed by atoms with Crippen LogP contribution in [-0.2, 0) is 16.1 Å². The molecule has 2 aromatic rings. The topological polar surface area (TPSA) is 73.3 Å². The number of piperazine rings is 1. The second kappa shape index (κ2) is 6.52. The van der Waals surface area contributed by atoms with Crippen molar-refractivity contribution >= 4 is 22.6 Å². The smallest absolute Gasteiger partial charge is 0.252 e. The average molecular weight is 395 g/mol. The molecule has 29 heavy (non-hydrogen) atoms. The van der Waals surface area contributed by atoms with Crippen molar-refractivity contribution in [2.45, 2.75) is 30.7 Å². The molecule has 0 unspecified atom stereocenters. The first-order chi connectivity index (χ1) is 13.9. The van der Waals surface area contributed by atoms with E-state index in [4.69, 9.17) is 4.74 Å². The number of hydrogen-bond donors (Lipinski definition) is 1. The molecule has 5 rings (SSSR count). The summed E-state index contributed by atoms with van der Waals surface area (Å²) in [5.74, 6) is 0.501. The average Bonchev–Trinajstić information content (AvgIpc) is 3.10. The molecular weight excluding hydrogens is 370 g/mol. The van der Waals surface area contributed by atoms with E-state index in [9.17, 15) is 14.7 Å². The van der Waals surface area contributed by atoms with Crippen molar-refractivity contribution in [3.63, 3.8) is 0 Å². The minimum absolute atomic E-state index is 0.149. The van der Waals surface area contributed by atoms with Crippen molar-refractivity contribution in [3.8, 4) is 5.75 Å². The van der Waals surface area contributed by atoms with Gasteiger partial charge in [0.1, 0.15) is 11.3 Å². The van der Waals surface area contributed by atoms with E-state index in [1.807, 2.05) is 23.1 Å². The maximum atomic E-state index is 13.0. The Morgan fingerprint density at radius 2 is 1.86 bits per heavy atom. The van der Waals surface area contributed by atoms with Gasteiger partial charge in [-0.2, -0.15) is 0 Å². The molecule has 3 aliphatic rings. The molecule has 0 aromatic heterocycles. The number of carbonyl (C=O) groups is 2. The van der Waals surface area contributed by atoms with Crippen LogP contribution >= 0.6 is 0 Å². The highest BCUT2D eigenvalue weighted by Gasteiger charge is 2.63. The fraction of sp³-hybridized carbons (Fsp3) is 0.455. The van der Waals surface area contributed by atoms with Crippen LogP contribution in [-0.4, -0.2) is 83.1 Å². The van der Waals surface area contributed by atoms with Gasteiger partial charge in [0.05, 0.1) is 19.3 Å². The van der Waals surface area contributed by atoms with Crippen LogP contribution in [0.5, 0.6) is 5.75 Å². The molecule has 3 heterocycles. The normalized spacial score (nSPS) is 26.8. The highest BCUT2D eigenvalue weighted by molar-refractivity contribution is 6.05. The lowest BCUT2D eigenvalue weighted by atomic mass is 9.82. The van der Waals surface area contributed by atoms with E-state index in [-0.39, 0.29) is 11.8 Å². The molecule has 0 saturated carbocycles. The maximum Gasteiger partial charge on any atom is 0.252 e. The number of benzene rings is 2. The van der Waals surface area contributed by atoms with Gasteiger partial charge in [0, 0.05) is 38.6 Å². The predicted octanol–water partition coefficient (Wildman–Crippen LogP) is 0.837. The molecule has 1 spiro atoms. The number of likely N-dealkylation sites (tertiary alicyclic amines) is 1. The number of ether oxygens (including phenoxy) is 1. The largest absolute Gasteiger partial charge is 0.496 e. The summed E-state index contributed by atoms with van der Waals surface area (Å²) in [7, 11) is 3.24. The molecule has 2 aromatic carbocycles. The van der Waals surface area contributed by atoms with Gasteiger partial charge >= 0.3 is 0 Å². The second-order valence-corrected chi connectivity index (χ2v) is 8.41. The van der Waals surface area contributed by atoms with Gasteiger partial charge < -0.3 is 9.84 Å². The van der Waals surface area contributed by atoms with E-state index < -0.39 is 17.7 Å². The minimum Gasteiger partial charge on any atom is -0.496 e. The van der Waals surface area contributed by atoms with Crippen LogP contribution in [0.3, 0.4) is 0 Å². The van der Waals surface area contributed by atoms with Gasteiger partial charge in [-0.25, -0.2) is 0 Å². The Labute approximate surface area is 169 Å². The molecule has 7 heteroatoms. The molecule has 2 amide bonds. The molecular formula is C22H25N3O4. The Hall–Kier alpha value is -2.48. The number of rotatable bonds is 3. The first-order valence-corrected chi connectivity index (χ1v) is 9.98. The number of likely N-dealkylation sites (N-methyl/N-ethyl adjacent to an activating group) is 1. The van der Waals surface area contributed by atoms with Gasteiger partial charge in [-0.3, -0.25) is 24.3 Å². The Morgan fingerprint density at radius 3 is 2.59 bits per heavy atom. The Balaban J connectivity index is 1.40. The third-order valence-electron chi connectivity index (χ3n) is 6.71. The molecule has 2 atom stereocenters. The number of fused-ring (bicyclic) bond motifs is 3. The molecule has 0 bridgehead atoms. The van der Waals surface area contributed by atoms with Gasteiger partial charge in [-0.05, 0) is 23.4 Å². The second-order valence-electron chi connectivity index (χ2n) is 8.41. The van der Waals surface area contributed by atoms with Gasteiger partial charge in [-0.15, -0.1) is 0 Å². The van der Waals surface area contributed by atoms with Crippen molar-refractivity contribution in [2.75, 3.05) is 33.8 Å². The van der Waals surface area contributed by atoms with E-state index in [1.54, 1.807) is 14.2 Å². The third-order valence-corrected chi connectivity index (χ3v) is 6.71. The summed E-state index contributed by atoms with van der Waals surface area (Å²) in [6, 6.07) is 11.8. The lowest BCUT2D eigenvalue weighted by Gasteiger charge is -2.58. The van der Waals surface area contributed by atoms with E-state index in [2.05, 4.69) is 23.1 Å². The van der Waals surface area contributed by atoms with E-state index >= 15 is 0 Å². The number of β-amino-alcohol motifs (C(OH)–C–C–N with tert-alkyl or cyclic N) is 1. The van der Waals surface area contributed by atoms with Gasteiger partial charge in [-0.1, -0.05) is 30.3 Å². The highest BCUT2D eigenvalue weighted by Crippen LogP contribution is 2.41. The van der Waals surface area contributed by atoms with Crippen LogP contribution in [0.1, 0.15) is 12.0 Å². The molecule has 1 N–H and O–H groups in total. The summed E-state index contributed by atoms with van der Waals surface area (Å²) < 4.78 is 5.49. The molecule has 3 aliphatic heterocycles. The summed E-state index contributed by atoms with van der Waals surface area (Å²) in [6.45, 7) is 2.23. The molecule has 0 radical (unpaired) electrons. The number of aliphatic hydroxyl groups excluding tert-OH is 1. The number of amides is 2. The van der Waals surface area contributed by atoms with Crippen LogP contribution in [0.25, 0.3) is 10.8 Å². The third kappa shape index (κ3) is 2.61. The van der Waals surface area contributed by atoms with Crippen molar-refractivity contribution in [3.05, 3.63) is 42.0 Å². The number of nitrogens with zero attached hydrogens (tertiary/aromatic N) is 3. The van der Waals surface area contributed by atoms with Crippen LogP contribution in [0.15, 0.2) is 36.4 Å². The van der Waals surface area contributed by atoms with Gasteiger partial charge in [0.25, 0.3) is 5.91 Å². The first-order valence-electron chi connectivity index (χ1n) is 9.98. The number of methoxy groups -OCH3 is 1. The quantitative estimate of drug-likeness (QED) is 0.777. The SMILES string of the molecule is COc1ccc(CN2CC3(C2)C(=O)N(C)C(=O)[C@@H]2C[C@@H](O)CN23)c2ccccc12. The van der Waals surface area contributed by atoms with Crippen LogP contribution in [0, 0.1) is 0 Å². The maximum absolute atomic E-state index is 13.0. The van der Waals surface area contributed by atoms with Crippen molar-refractivity contribution in [1.82, 2.24) is 14.7 Å². The number of carbonyl (C=O) groups excluding carboxylic acids is 2. The minimum atomic E-state index is -0.701. The first kappa shape index (κ1) is 18.5. The predicted molar refractivity (Wildman–Crippen MR) is 107 cm³/mol. The molecule has 0 aliphatic carbocycles. The van der Waals surface area contributed by atoms with Gasteiger partial charge in [0.15, 0.2) is 0 Å². The zero-order valence-electron chi connectivity index (χ0n) is 16.7. The zero-order valence-corrected chi connectivity index (χ0v) is 16.7. The van der Waals surface area contributed by atoms with Crippen LogP contribution < -0.4 is 4.74 Å².